The fourth-order valence-corrected chi connectivity index (χ4v) is 2.15. The van der Waals surface area contributed by atoms with E-state index in [4.69, 9.17) is 4.74 Å². The van der Waals surface area contributed by atoms with Crippen LogP contribution in [0.3, 0.4) is 0 Å². The van der Waals surface area contributed by atoms with E-state index in [1.165, 1.54) is 0 Å². The number of amides is 2. The molecule has 0 aromatic heterocycles. The summed E-state index contributed by atoms with van der Waals surface area (Å²) in [7, 11) is 0. The van der Waals surface area contributed by atoms with Gasteiger partial charge < -0.3 is 15.4 Å². The molecule has 126 valence electrons. The van der Waals surface area contributed by atoms with E-state index >= 15 is 0 Å². The number of benzene rings is 1. The number of nitrogens with one attached hydrogen (secondary N) is 2. The van der Waals surface area contributed by atoms with Crippen molar-refractivity contribution in [3.8, 4) is 0 Å². The van der Waals surface area contributed by atoms with E-state index in [2.05, 4.69) is 10.6 Å². The summed E-state index contributed by atoms with van der Waals surface area (Å²) in [6.07, 6.45) is 3.04. The van der Waals surface area contributed by atoms with Gasteiger partial charge in [-0.1, -0.05) is 12.1 Å². The molecule has 0 bridgehead atoms. The van der Waals surface area contributed by atoms with Gasteiger partial charge in [0.05, 0.1) is 6.10 Å². The minimum atomic E-state index is -0.0805. The molecule has 1 fully saturated rings. The molecule has 2 amide bonds. The summed E-state index contributed by atoms with van der Waals surface area (Å²) in [5.74, 6) is 0.276. The van der Waals surface area contributed by atoms with Crippen molar-refractivity contribution < 1.29 is 14.3 Å². The van der Waals surface area contributed by atoms with E-state index in [1.807, 2.05) is 26.0 Å². The topological polar surface area (TPSA) is 67.4 Å². The van der Waals surface area contributed by atoms with Gasteiger partial charge >= 0.3 is 0 Å². The zero-order valence-electron chi connectivity index (χ0n) is 13.9. The van der Waals surface area contributed by atoms with Gasteiger partial charge in [0.15, 0.2) is 0 Å². The van der Waals surface area contributed by atoms with Crippen LogP contribution < -0.4 is 10.6 Å². The zero-order chi connectivity index (χ0) is 16.7. The maximum absolute atomic E-state index is 12.0. The molecule has 0 saturated heterocycles. The standard InChI is InChI=1S/C18H26N2O3/c1-13(2)23-11-3-10-19-17(21)15-6-4-14(5-7-15)12-20-18(22)16-8-9-16/h4-7,13,16H,3,8-12H2,1-2H3,(H,19,21)(H,20,22). The summed E-state index contributed by atoms with van der Waals surface area (Å²) in [6, 6.07) is 7.34. The lowest BCUT2D eigenvalue weighted by molar-refractivity contribution is -0.122. The SMILES string of the molecule is CC(C)OCCCNC(=O)c1ccc(CNC(=O)C2CC2)cc1. The van der Waals surface area contributed by atoms with E-state index in [0.29, 0.717) is 25.3 Å². The van der Waals surface area contributed by atoms with Crippen LogP contribution in [0.2, 0.25) is 0 Å². The molecule has 1 aliphatic rings. The minimum absolute atomic E-state index is 0.0805. The molecule has 1 saturated carbocycles. The second kappa shape index (κ2) is 8.67. The fraction of sp³-hybridized carbons (Fsp3) is 0.556. The highest BCUT2D eigenvalue weighted by Gasteiger charge is 2.29. The van der Waals surface area contributed by atoms with E-state index in [1.54, 1.807) is 12.1 Å². The van der Waals surface area contributed by atoms with Gasteiger partial charge in [-0.25, -0.2) is 0 Å². The van der Waals surface area contributed by atoms with Crippen molar-refractivity contribution in [3.05, 3.63) is 35.4 Å². The Hall–Kier alpha value is -1.88. The first-order valence-corrected chi connectivity index (χ1v) is 8.32. The van der Waals surface area contributed by atoms with Crippen molar-refractivity contribution in [2.45, 2.75) is 45.8 Å². The maximum Gasteiger partial charge on any atom is 0.251 e. The molecule has 0 aliphatic heterocycles. The van der Waals surface area contributed by atoms with Crippen LogP contribution in [0.25, 0.3) is 0 Å². The van der Waals surface area contributed by atoms with Gasteiger partial charge in [-0.15, -0.1) is 0 Å². The van der Waals surface area contributed by atoms with Gasteiger partial charge in [-0.3, -0.25) is 9.59 Å². The van der Waals surface area contributed by atoms with Gasteiger partial charge in [-0.2, -0.15) is 0 Å². The Morgan fingerprint density at radius 3 is 2.48 bits per heavy atom. The molecule has 5 heteroatoms. The third-order valence-electron chi connectivity index (χ3n) is 3.69. The van der Waals surface area contributed by atoms with Crippen LogP contribution in [0.15, 0.2) is 24.3 Å². The quantitative estimate of drug-likeness (QED) is 0.686. The lowest BCUT2D eigenvalue weighted by atomic mass is 10.1. The summed E-state index contributed by atoms with van der Waals surface area (Å²) in [6.45, 7) is 5.76. The van der Waals surface area contributed by atoms with Crippen LogP contribution in [0.5, 0.6) is 0 Å². The molecule has 0 atom stereocenters. The van der Waals surface area contributed by atoms with Crippen molar-refractivity contribution in [1.29, 1.82) is 0 Å². The smallest absolute Gasteiger partial charge is 0.251 e. The molecule has 2 N–H and O–H groups in total. The van der Waals surface area contributed by atoms with Crippen LogP contribution in [-0.2, 0) is 16.1 Å². The fourth-order valence-electron chi connectivity index (χ4n) is 2.15. The molecule has 0 spiro atoms. The molecule has 23 heavy (non-hydrogen) atoms. The number of hydrogen-bond donors (Lipinski definition) is 2. The minimum Gasteiger partial charge on any atom is -0.379 e. The van der Waals surface area contributed by atoms with Crippen LogP contribution in [0, 0.1) is 5.92 Å². The number of rotatable bonds is 9. The molecule has 5 nitrogen and oxygen atoms in total. The molecule has 0 unspecified atom stereocenters. The zero-order valence-corrected chi connectivity index (χ0v) is 13.9. The Bertz CT molecular complexity index is 522. The highest BCUT2D eigenvalue weighted by Crippen LogP contribution is 2.28. The molecule has 0 radical (unpaired) electrons. The number of ether oxygens (including phenoxy) is 1. The Morgan fingerprint density at radius 1 is 1.17 bits per heavy atom. The Morgan fingerprint density at radius 2 is 1.87 bits per heavy atom. The number of carbonyl (C=O) groups excluding carboxylic acids is 2. The van der Waals surface area contributed by atoms with Gasteiger partial charge in [-0.05, 0) is 50.8 Å². The Kier molecular flexibility index (Phi) is 6.59. The monoisotopic (exact) mass is 318 g/mol. The molecular weight excluding hydrogens is 292 g/mol. The van der Waals surface area contributed by atoms with E-state index in [9.17, 15) is 9.59 Å². The molecule has 1 aromatic rings. The molecule has 2 rings (SSSR count). The summed E-state index contributed by atoms with van der Waals surface area (Å²) in [5, 5.41) is 5.79. The Labute approximate surface area is 137 Å². The van der Waals surface area contributed by atoms with E-state index in [-0.39, 0.29) is 23.8 Å². The van der Waals surface area contributed by atoms with Crippen molar-refractivity contribution in [2.24, 2.45) is 5.92 Å². The molecule has 0 heterocycles. The van der Waals surface area contributed by atoms with Crippen molar-refractivity contribution >= 4 is 11.8 Å². The third kappa shape index (κ3) is 6.40. The first-order valence-electron chi connectivity index (χ1n) is 8.32. The highest BCUT2D eigenvalue weighted by atomic mass is 16.5. The van der Waals surface area contributed by atoms with E-state index < -0.39 is 0 Å². The van der Waals surface area contributed by atoms with E-state index in [0.717, 1.165) is 24.8 Å². The lowest BCUT2D eigenvalue weighted by Crippen LogP contribution is -2.26. The summed E-state index contributed by atoms with van der Waals surface area (Å²) in [5.41, 5.74) is 1.63. The Balaban J connectivity index is 1.68. The van der Waals surface area contributed by atoms with Gasteiger partial charge in [0.1, 0.15) is 0 Å². The number of hydrogen-bond acceptors (Lipinski definition) is 3. The molecule has 1 aromatic carbocycles. The largest absolute Gasteiger partial charge is 0.379 e. The van der Waals surface area contributed by atoms with Crippen LogP contribution in [-0.4, -0.2) is 31.1 Å². The normalized spacial score (nSPS) is 13.9. The van der Waals surface area contributed by atoms with Gasteiger partial charge in [0, 0.05) is 31.2 Å². The number of carbonyl (C=O) groups is 2. The summed E-state index contributed by atoms with van der Waals surface area (Å²) >= 11 is 0. The first kappa shape index (κ1) is 17.5. The van der Waals surface area contributed by atoms with Crippen LogP contribution in [0.4, 0.5) is 0 Å². The first-order chi connectivity index (χ1) is 11.1. The van der Waals surface area contributed by atoms with Crippen molar-refractivity contribution in [2.75, 3.05) is 13.2 Å². The predicted octanol–water partition coefficient (Wildman–Crippen LogP) is 2.26. The van der Waals surface area contributed by atoms with Gasteiger partial charge in [0.25, 0.3) is 5.91 Å². The second-order valence-corrected chi connectivity index (χ2v) is 6.22. The van der Waals surface area contributed by atoms with Crippen LogP contribution in [0.1, 0.15) is 49.0 Å². The summed E-state index contributed by atoms with van der Waals surface area (Å²) in [4.78, 5) is 23.6. The predicted molar refractivity (Wildman–Crippen MR) is 89.1 cm³/mol. The van der Waals surface area contributed by atoms with Crippen molar-refractivity contribution in [3.63, 3.8) is 0 Å². The summed E-state index contributed by atoms with van der Waals surface area (Å²) < 4.78 is 5.43. The molecular formula is C18H26N2O3. The maximum atomic E-state index is 12.0. The van der Waals surface area contributed by atoms with Crippen LogP contribution >= 0.6 is 0 Å². The highest BCUT2D eigenvalue weighted by molar-refractivity contribution is 5.94. The average Bonchev–Trinajstić information content (AvgIpc) is 3.37. The van der Waals surface area contributed by atoms with Crippen molar-refractivity contribution in [1.82, 2.24) is 10.6 Å². The van der Waals surface area contributed by atoms with Gasteiger partial charge in [0.2, 0.25) is 5.91 Å². The average molecular weight is 318 g/mol. The lowest BCUT2D eigenvalue weighted by Gasteiger charge is -2.09. The molecule has 1 aliphatic carbocycles. The second-order valence-electron chi connectivity index (χ2n) is 6.22. The third-order valence-corrected chi connectivity index (χ3v) is 3.69.